The third kappa shape index (κ3) is 6.55. The van der Waals surface area contributed by atoms with Gasteiger partial charge in [0, 0.05) is 34.4 Å². The number of benzene rings is 2. The predicted molar refractivity (Wildman–Crippen MR) is 128 cm³/mol. The average Bonchev–Trinajstić information content (AvgIpc) is 2.74. The Labute approximate surface area is 229 Å². The van der Waals surface area contributed by atoms with Crippen LogP contribution in [0, 0.1) is 6.92 Å². The maximum atomic E-state index is 12.6. The molecule has 0 aliphatic heterocycles. The van der Waals surface area contributed by atoms with Gasteiger partial charge >= 0.3 is 41.6 Å². The summed E-state index contributed by atoms with van der Waals surface area (Å²) in [4.78, 5) is 36.4. The fraction of sp³-hybridized carbons (Fsp3) is 0.174. The van der Waals surface area contributed by atoms with Crippen LogP contribution in [0.3, 0.4) is 0 Å². The summed E-state index contributed by atoms with van der Waals surface area (Å²) in [5, 5.41) is 25.4. The van der Waals surface area contributed by atoms with E-state index >= 15 is 0 Å². The van der Waals surface area contributed by atoms with E-state index in [1.54, 1.807) is 49.4 Å². The van der Waals surface area contributed by atoms with Gasteiger partial charge in [0.05, 0.1) is 12.5 Å². The third-order valence-electron chi connectivity index (χ3n) is 4.99. The Hall–Kier alpha value is -2.49. The molecule has 3 aromatic rings. The molecule has 0 aliphatic rings. The maximum absolute atomic E-state index is 12.6. The van der Waals surface area contributed by atoms with Crippen LogP contribution in [-0.4, -0.2) is 26.8 Å². The number of anilines is 1. The molecule has 4 N–H and O–H groups in total. The molecule has 1 aromatic heterocycles. The van der Waals surface area contributed by atoms with Crippen LogP contribution in [0.15, 0.2) is 53.5 Å². The molecule has 8 nitrogen and oxygen atoms in total. The largest absolute Gasteiger partial charge is 1.00 e. The number of hydrogen-bond acceptors (Lipinski definition) is 4. The Morgan fingerprint density at radius 3 is 2.53 bits per heavy atom. The van der Waals surface area contributed by atoms with Gasteiger partial charge in [-0.1, -0.05) is 47.5 Å². The van der Waals surface area contributed by atoms with Gasteiger partial charge < -0.3 is 26.8 Å². The molecule has 1 unspecified atom stereocenters. The summed E-state index contributed by atoms with van der Waals surface area (Å²) in [5.41, 5.74) is 1.39. The summed E-state index contributed by atoms with van der Waals surface area (Å²) in [6.07, 6.45) is 1.02. The number of aryl methyl sites for hydroxylation is 2. The Morgan fingerprint density at radius 1 is 1.18 bits per heavy atom. The summed E-state index contributed by atoms with van der Waals surface area (Å²) in [5.74, 6) is -1.49. The maximum Gasteiger partial charge on any atom is 1.00 e. The molecule has 0 radical (unpaired) electrons. The van der Waals surface area contributed by atoms with Crippen molar-refractivity contribution in [3.63, 3.8) is 0 Å². The zero-order valence-electron chi connectivity index (χ0n) is 19.7. The zero-order chi connectivity index (χ0) is 24.3. The molecule has 1 atom stereocenters. The van der Waals surface area contributed by atoms with Gasteiger partial charge in [0.25, 0.3) is 5.56 Å². The van der Waals surface area contributed by atoms with Gasteiger partial charge in [-0.25, -0.2) is 4.79 Å². The molecular formula is C23H22Cl2N3NaO5. The first kappa shape index (κ1) is 27.8. The first-order valence-corrected chi connectivity index (χ1v) is 10.6. The van der Waals surface area contributed by atoms with E-state index in [0.29, 0.717) is 32.3 Å². The number of carbonyl (C=O) groups is 2. The molecular weight excluding hydrogens is 492 g/mol. The summed E-state index contributed by atoms with van der Waals surface area (Å²) in [6, 6.07) is 10.2. The third-order valence-corrected chi connectivity index (χ3v) is 5.53. The van der Waals surface area contributed by atoms with E-state index < -0.39 is 30.0 Å². The quantitative estimate of drug-likeness (QED) is 0.374. The van der Waals surface area contributed by atoms with Crippen LogP contribution < -0.4 is 45.8 Å². The Kier molecular flexibility index (Phi) is 9.61. The van der Waals surface area contributed by atoms with Crippen molar-refractivity contribution < 1.29 is 50.8 Å². The van der Waals surface area contributed by atoms with Crippen LogP contribution in [-0.2, 0) is 11.8 Å². The second-order valence-electron chi connectivity index (χ2n) is 7.45. The van der Waals surface area contributed by atoms with Crippen LogP contribution in [0.2, 0.25) is 10.0 Å². The number of nitrogens with zero attached hydrogens (tertiary/aromatic N) is 1. The van der Waals surface area contributed by atoms with Crippen LogP contribution in [0.25, 0.3) is 11.1 Å². The van der Waals surface area contributed by atoms with Crippen molar-refractivity contribution >= 4 is 40.9 Å². The number of urea groups is 1. The van der Waals surface area contributed by atoms with E-state index in [1.807, 2.05) is 0 Å². The number of carboxylic acids is 1. The molecule has 174 valence electrons. The molecule has 0 aliphatic carbocycles. The molecule has 34 heavy (non-hydrogen) atoms. The Balaban J connectivity index is 0.00000306. The van der Waals surface area contributed by atoms with E-state index in [4.69, 9.17) is 23.2 Å². The van der Waals surface area contributed by atoms with E-state index in [-0.39, 0.29) is 42.4 Å². The smallest absolute Gasteiger partial charge is 1.00 e. The molecule has 11 heteroatoms. The molecule has 0 saturated carbocycles. The van der Waals surface area contributed by atoms with Crippen LogP contribution >= 0.6 is 23.2 Å². The van der Waals surface area contributed by atoms with Crippen LogP contribution in [0.1, 0.15) is 25.0 Å². The number of rotatable bonds is 6. The standard InChI is InChI=1S/C23H21Cl2N3O5.Na.H/c1-12-11-28(2)22(32)20(21(12)31)27-23(33)26-18(10-19(29)30)14-5-3-4-13(8-14)16-7-6-15(24)9-17(16)25;;/h3-9,11,18,31H,10H2,1-2H3,(H,29,30)(H2,26,27,33);;/q;+1;-1. The number of hydrogen-bond donors (Lipinski definition) is 4. The zero-order valence-corrected chi connectivity index (χ0v) is 22.2. The number of aliphatic carboxylic acids is 1. The van der Waals surface area contributed by atoms with Crippen molar-refractivity contribution in [2.45, 2.75) is 19.4 Å². The first-order chi connectivity index (χ1) is 15.6. The molecule has 0 spiro atoms. The second kappa shape index (κ2) is 11.8. The number of nitrogens with one attached hydrogen (secondary N) is 2. The predicted octanol–water partition coefficient (Wildman–Crippen LogP) is 1.83. The number of carbonyl (C=O) groups excluding carboxylic acids is 1. The number of aromatic hydroxyl groups is 1. The van der Waals surface area contributed by atoms with Gasteiger partial charge in [-0.05, 0) is 36.2 Å². The van der Waals surface area contributed by atoms with Gasteiger partial charge in [-0.15, -0.1) is 0 Å². The van der Waals surface area contributed by atoms with Gasteiger partial charge in [-0.3, -0.25) is 9.59 Å². The monoisotopic (exact) mass is 513 g/mol. The van der Waals surface area contributed by atoms with E-state index in [9.17, 15) is 24.6 Å². The summed E-state index contributed by atoms with van der Waals surface area (Å²) >= 11 is 12.3. The van der Waals surface area contributed by atoms with E-state index in [2.05, 4.69) is 10.6 Å². The molecule has 0 saturated heterocycles. The summed E-state index contributed by atoms with van der Waals surface area (Å²) < 4.78 is 1.22. The van der Waals surface area contributed by atoms with E-state index in [0.717, 1.165) is 0 Å². The van der Waals surface area contributed by atoms with Gasteiger partial charge in [0.15, 0.2) is 5.69 Å². The summed E-state index contributed by atoms with van der Waals surface area (Å²) in [7, 11) is 1.48. The minimum atomic E-state index is -1.13. The van der Waals surface area contributed by atoms with Crippen molar-refractivity contribution in [2.24, 2.45) is 7.05 Å². The van der Waals surface area contributed by atoms with Gasteiger partial charge in [-0.2, -0.15) is 0 Å². The molecule has 0 fully saturated rings. The van der Waals surface area contributed by atoms with E-state index in [1.165, 1.54) is 17.8 Å². The summed E-state index contributed by atoms with van der Waals surface area (Å²) in [6.45, 7) is 1.58. The minimum Gasteiger partial charge on any atom is -1.00 e. The number of amides is 2. The van der Waals surface area contributed by atoms with Gasteiger partial charge in [0.2, 0.25) is 0 Å². The molecule has 0 bridgehead atoms. The fourth-order valence-corrected chi connectivity index (χ4v) is 3.90. The first-order valence-electron chi connectivity index (χ1n) is 9.80. The normalized spacial score (nSPS) is 11.3. The van der Waals surface area contributed by atoms with Crippen LogP contribution in [0.5, 0.6) is 5.75 Å². The number of halogens is 2. The van der Waals surface area contributed by atoms with Crippen molar-refractivity contribution in [3.8, 4) is 16.9 Å². The molecule has 3 rings (SSSR count). The van der Waals surface area contributed by atoms with Crippen molar-refractivity contribution in [1.29, 1.82) is 0 Å². The van der Waals surface area contributed by atoms with Crippen molar-refractivity contribution in [3.05, 3.63) is 80.2 Å². The molecule has 2 amide bonds. The second-order valence-corrected chi connectivity index (χ2v) is 8.29. The Morgan fingerprint density at radius 2 is 1.88 bits per heavy atom. The number of aromatic nitrogens is 1. The minimum absolute atomic E-state index is 0. The number of carboxylic acid groups (broad SMARTS) is 1. The van der Waals surface area contributed by atoms with Crippen molar-refractivity contribution in [2.75, 3.05) is 5.32 Å². The molecule has 1 heterocycles. The topological polar surface area (TPSA) is 121 Å². The van der Waals surface area contributed by atoms with Crippen molar-refractivity contribution in [1.82, 2.24) is 9.88 Å². The number of pyridine rings is 1. The average molecular weight is 514 g/mol. The fourth-order valence-electron chi connectivity index (χ4n) is 3.38. The van der Waals surface area contributed by atoms with Crippen LogP contribution in [0.4, 0.5) is 10.5 Å². The Bertz CT molecular complexity index is 1300. The SMILES string of the molecule is Cc1cn(C)c(=O)c(NC(=O)NC(CC(=O)O)c2cccc(-c3ccc(Cl)cc3Cl)c2)c1O.[H-].[Na+]. The van der Waals surface area contributed by atoms with Gasteiger partial charge in [0.1, 0.15) is 5.75 Å². The molecule has 2 aromatic carbocycles.